The summed E-state index contributed by atoms with van der Waals surface area (Å²) in [6.45, 7) is 0. The van der Waals surface area contributed by atoms with Crippen LogP contribution in [0.2, 0.25) is 0 Å². The molecule has 49 heavy (non-hydrogen) atoms. The molecule has 10 rings (SSSR count). The summed E-state index contributed by atoms with van der Waals surface area (Å²) in [6.07, 6.45) is 0. The summed E-state index contributed by atoms with van der Waals surface area (Å²) in [7, 11) is 0. The van der Waals surface area contributed by atoms with Crippen LogP contribution in [0.4, 0.5) is 0 Å². The predicted octanol–water partition coefficient (Wildman–Crippen LogP) is 11.9. The Labute approximate surface area is 282 Å². The Balaban J connectivity index is 1.29. The first-order valence-electron chi connectivity index (χ1n) is 16.4. The van der Waals surface area contributed by atoms with Crippen molar-refractivity contribution in [3.8, 4) is 45.3 Å². The first-order valence-corrected chi connectivity index (χ1v) is 16.4. The summed E-state index contributed by atoms with van der Waals surface area (Å²) >= 11 is 0. The second kappa shape index (κ2) is 11.0. The maximum atomic E-state index is 6.75. The van der Waals surface area contributed by atoms with Gasteiger partial charge in [0.05, 0.1) is 0 Å². The van der Waals surface area contributed by atoms with Gasteiger partial charge in [0, 0.05) is 32.8 Å². The van der Waals surface area contributed by atoms with E-state index in [2.05, 4.69) is 140 Å². The minimum Gasteiger partial charge on any atom is -0.455 e. The van der Waals surface area contributed by atoms with Crippen LogP contribution >= 0.6 is 0 Å². The van der Waals surface area contributed by atoms with Gasteiger partial charge in [-0.2, -0.15) is 0 Å². The minimum absolute atomic E-state index is 0.603. The summed E-state index contributed by atoms with van der Waals surface area (Å²) in [4.78, 5) is 15.6. The molecule has 0 amide bonds. The monoisotopic (exact) mass is 625 g/mol. The second-order valence-corrected chi connectivity index (χ2v) is 12.4. The molecule has 8 aromatic carbocycles. The molecule has 0 atom stereocenters. The number of rotatable bonds is 4. The van der Waals surface area contributed by atoms with Gasteiger partial charge in [0.25, 0.3) is 0 Å². The van der Waals surface area contributed by atoms with E-state index in [0.717, 1.165) is 71.3 Å². The first kappa shape index (κ1) is 27.5. The molecule has 2 aromatic heterocycles. The van der Waals surface area contributed by atoms with Crippen molar-refractivity contribution >= 4 is 54.3 Å². The fraction of sp³-hybridized carbons (Fsp3) is 0. The number of aromatic nitrogens is 3. The molecule has 0 aliphatic rings. The van der Waals surface area contributed by atoms with Gasteiger partial charge in [-0.3, -0.25) is 0 Å². The van der Waals surface area contributed by atoms with E-state index in [1.165, 1.54) is 10.8 Å². The number of nitrogens with zero attached hydrogens (tertiary/aromatic N) is 3. The fourth-order valence-corrected chi connectivity index (χ4v) is 7.17. The van der Waals surface area contributed by atoms with Crippen LogP contribution < -0.4 is 0 Å². The quantitative estimate of drug-likeness (QED) is 0.183. The third kappa shape index (κ3) is 4.49. The van der Waals surface area contributed by atoms with Crippen LogP contribution in [0, 0.1) is 0 Å². The molecule has 0 spiro atoms. The smallest absolute Gasteiger partial charge is 0.164 e. The van der Waals surface area contributed by atoms with Gasteiger partial charge in [0.1, 0.15) is 11.2 Å². The molecule has 0 N–H and O–H groups in total. The van der Waals surface area contributed by atoms with Crippen LogP contribution in [0.5, 0.6) is 0 Å². The molecule has 10 aromatic rings. The summed E-state index contributed by atoms with van der Waals surface area (Å²) in [5.41, 5.74) is 6.71. The lowest BCUT2D eigenvalue weighted by atomic mass is 9.96. The molecule has 4 nitrogen and oxygen atoms in total. The van der Waals surface area contributed by atoms with Crippen molar-refractivity contribution in [3.63, 3.8) is 0 Å². The first-order chi connectivity index (χ1) is 24.3. The zero-order valence-electron chi connectivity index (χ0n) is 26.3. The third-order valence-corrected chi connectivity index (χ3v) is 9.49. The van der Waals surface area contributed by atoms with Crippen molar-refractivity contribution in [2.75, 3.05) is 0 Å². The average Bonchev–Trinajstić information content (AvgIpc) is 3.57. The number of fused-ring (bicyclic) bond motifs is 8. The molecular weight excluding hydrogens is 599 g/mol. The second-order valence-electron chi connectivity index (χ2n) is 12.4. The van der Waals surface area contributed by atoms with Gasteiger partial charge in [-0.05, 0) is 62.3 Å². The zero-order valence-corrected chi connectivity index (χ0v) is 26.3. The van der Waals surface area contributed by atoms with E-state index in [1.54, 1.807) is 0 Å². The van der Waals surface area contributed by atoms with Crippen molar-refractivity contribution < 1.29 is 4.42 Å². The molecular formula is C45H27N3O. The zero-order chi connectivity index (χ0) is 32.3. The molecule has 0 aliphatic carbocycles. The van der Waals surface area contributed by atoms with E-state index < -0.39 is 0 Å². The van der Waals surface area contributed by atoms with Gasteiger partial charge in [-0.25, -0.2) is 15.0 Å². The van der Waals surface area contributed by atoms with Gasteiger partial charge in [-0.1, -0.05) is 140 Å². The Morgan fingerprint density at radius 2 is 0.898 bits per heavy atom. The summed E-state index contributed by atoms with van der Waals surface area (Å²) in [6, 6.07) is 56.8. The van der Waals surface area contributed by atoms with E-state index in [-0.39, 0.29) is 0 Å². The molecule has 0 saturated heterocycles. The van der Waals surface area contributed by atoms with E-state index in [1.807, 2.05) is 24.3 Å². The van der Waals surface area contributed by atoms with E-state index in [9.17, 15) is 0 Å². The minimum atomic E-state index is 0.603. The number of benzene rings is 8. The summed E-state index contributed by atoms with van der Waals surface area (Å²) in [5, 5.41) is 8.74. The standard InChI is InChI=1S/C45H27N3O/c1-3-13-28(14-4-1)30-23-24-37-40(27-30)49-42-34-20-10-8-18-32(34)26-39(41(37)42)45-47-43(29-15-5-2-6-16-29)46-44(48-45)38-25-31-17-7-9-19-33(31)35-21-11-12-22-36(35)38/h1-27H. The van der Waals surface area contributed by atoms with Crippen LogP contribution in [-0.2, 0) is 0 Å². The van der Waals surface area contributed by atoms with Crippen molar-refractivity contribution in [2.45, 2.75) is 0 Å². The van der Waals surface area contributed by atoms with E-state index >= 15 is 0 Å². The molecule has 0 bridgehead atoms. The molecule has 0 unspecified atom stereocenters. The Morgan fingerprint density at radius 3 is 1.65 bits per heavy atom. The van der Waals surface area contributed by atoms with Crippen LogP contribution in [0.25, 0.3) is 99.5 Å². The van der Waals surface area contributed by atoms with Crippen molar-refractivity contribution in [3.05, 3.63) is 164 Å². The van der Waals surface area contributed by atoms with Crippen LogP contribution in [0.1, 0.15) is 0 Å². The highest BCUT2D eigenvalue weighted by Crippen LogP contribution is 2.42. The van der Waals surface area contributed by atoms with E-state index in [0.29, 0.717) is 17.5 Å². The van der Waals surface area contributed by atoms with Crippen LogP contribution in [-0.4, -0.2) is 15.0 Å². The van der Waals surface area contributed by atoms with Crippen molar-refractivity contribution in [1.82, 2.24) is 15.0 Å². The average molecular weight is 626 g/mol. The largest absolute Gasteiger partial charge is 0.455 e. The predicted molar refractivity (Wildman–Crippen MR) is 201 cm³/mol. The Bertz CT molecular complexity index is 2880. The lowest BCUT2D eigenvalue weighted by Crippen LogP contribution is -2.01. The fourth-order valence-electron chi connectivity index (χ4n) is 7.17. The third-order valence-electron chi connectivity index (χ3n) is 9.49. The maximum Gasteiger partial charge on any atom is 0.164 e. The van der Waals surface area contributed by atoms with Crippen molar-refractivity contribution in [2.24, 2.45) is 0 Å². The Morgan fingerprint density at radius 1 is 0.347 bits per heavy atom. The van der Waals surface area contributed by atoms with Crippen LogP contribution in [0.3, 0.4) is 0 Å². The van der Waals surface area contributed by atoms with Gasteiger partial charge < -0.3 is 4.42 Å². The van der Waals surface area contributed by atoms with Gasteiger partial charge >= 0.3 is 0 Å². The molecule has 2 heterocycles. The molecule has 228 valence electrons. The number of hydrogen-bond acceptors (Lipinski definition) is 4. The van der Waals surface area contributed by atoms with Crippen molar-refractivity contribution in [1.29, 1.82) is 0 Å². The molecule has 0 radical (unpaired) electrons. The normalized spacial score (nSPS) is 11.7. The Kier molecular flexibility index (Phi) is 6.15. The van der Waals surface area contributed by atoms with Crippen LogP contribution in [0.15, 0.2) is 168 Å². The maximum absolute atomic E-state index is 6.75. The molecule has 4 heteroatoms. The highest BCUT2D eigenvalue weighted by Gasteiger charge is 2.21. The number of hydrogen-bond donors (Lipinski definition) is 0. The molecule has 0 fully saturated rings. The van der Waals surface area contributed by atoms with Gasteiger partial charge in [-0.15, -0.1) is 0 Å². The molecule has 0 aliphatic heterocycles. The molecule has 0 saturated carbocycles. The summed E-state index contributed by atoms with van der Waals surface area (Å²) in [5.74, 6) is 1.86. The van der Waals surface area contributed by atoms with E-state index in [4.69, 9.17) is 19.4 Å². The lowest BCUT2D eigenvalue weighted by Gasteiger charge is -2.13. The Hall–Kier alpha value is -6.65. The SMILES string of the molecule is c1ccc(-c2ccc3c(c2)oc2c4ccccc4cc(-c4nc(-c5ccccc5)nc(-c5cc6ccccc6c6ccccc56)n4)c32)cc1. The summed E-state index contributed by atoms with van der Waals surface area (Å²) < 4.78 is 6.75. The highest BCUT2D eigenvalue weighted by atomic mass is 16.3. The number of furan rings is 1. The topological polar surface area (TPSA) is 51.8 Å². The lowest BCUT2D eigenvalue weighted by molar-refractivity contribution is 0.673. The highest BCUT2D eigenvalue weighted by molar-refractivity contribution is 6.21. The van der Waals surface area contributed by atoms with Gasteiger partial charge in [0.15, 0.2) is 17.5 Å². The van der Waals surface area contributed by atoms with Gasteiger partial charge in [0.2, 0.25) is 0 Å².